The highest BCUT2D eigenvalue weighted by Gasteiger charge is 2.42. The summed E-state index contributed by atoms with van der Waals surface area (Å²) in [5, 5.41) is 7.73. The summed E-state index contributed by atoms with van der Waals surface area (Å²) in [6, 6.07) is 17.6. The van der Waals surface area contributed by atoms with Crippen molar-refractivity contribution in [3.8, 4) is 22.4 Å². The van der Waals surface area contributed by atoms with Crippen molar-refractivity contribution < 1.29 is 28.7 Å². The molecule has 3 amide bonds. The van der Waals surface area contributed by atoms with E-state index in [1.807, 2.05) is 38.8 Å². The molecule has 0 aliphatic carbocycles. The number of hydrogen-bond acceptors (Lipinski definition) is 9. The molecule has 3 aliphatic rings. The lowest BCUT2D eigenvalue weighted by Gasteiger charge is -2.30. The third-order valence-electron chi connectivity index (χ3n) is 11.3. The first-order valence-corrected chi connectivity index (χ1v) is 20.5. The smallest absolute Gasteiger partial charge is 0.407 e. The van der Waals surface area contributed by atoms with E-state index in [1.54, 1.807) is 11.8 Å². The van der Waals surface area contributed by atoms with Crippen LogP contribution in [-0.2, 0) is 25.5 Å². The molecule has 1 unspecified atom stereocenters. The van der Waals surface area contributed by atoms with Crippen LogP contribution in [0.4, 0.5) is 15.3 Å². The number of carbonyl (C=O) groups excluding carboxylic acids is 4. The van der Waals surface area contributed by atoms with Gasteiger partial charge in [0, 0.05) is 24.6 Å². The summed E-state index contributed by atoms with van der Waals surface area (Å²) in [5.41, 5.74) is 7.21. The molecule has 0 spiro atoms. The van der Waals surface area contributed by atoms with Crippen LogP contribution in [-0.4, -0.2) is 88.3 Å². The number of thioether (sulfide) groups is 1. The molecule has 3 N–H and O–H groups in total. The van der Waals surface area contributed by atoms with Crippen LogP contribution in [0.5, 0.6) is 0 Å². The number of nitrogens with one attached hydrogen (secondary N) is 3. The van der Waals surface area contributed by atoms with Gasteiger partial charge in [0.1, 0.15) is 11.9 Å². The van der Waals surface area contributed by atoms with Crippen LogP contribution in [0, 0.1) is 17.8 Å². The number of imidazole rings is 1. The summed E-state index contributed by atoms with van der Waals surface area (Å²) in [7, 11) is 2.61. The zero-order valence-electron chi connectivity index (χ0n) is 32.8. The number of aliphatic imine (C=N–C) groups is 1. The average Bonchev–Trinajstić information content (AvgIpc) is 4.04. The lowest BCUT2D eigenvalue weighted by Crippen LogP contribution is -2.51. The zero-order valence-corrected chi connectivity index (χ0v) is 33.6. The van der Waals surface area contributed by atoms with Gasteiger partial charge in [-0.25, -0.2) is 14.6 Å². The van der Waals surface area contributed by atoms with Crippen LogP contribution in [0.2, 0.25) is 0 Å². The molecule has 12 nitrogen and oxygen atoms in total. The Kier molecular flexibility index (Phi) is 11.5. The molecular weight excluding hydrogens is 729 g/mol. The third kappa shape index (κ3) is 7.78. The van der Waals surface area contributed by atoms with Crippen LogP contribution >= 0.6 is 11.8 Å². The predicted molar refractivity (Wildman–Crippen MR) is 219 cm³/mol. The van der Waals surface area contributed by atoms with Crippen molar-refractivity contribution in [3.05, 3.63) is 72.2 Å². The Morgan fingerprint density at radius 1 is 0.857 bits per heavy atom. The van der Waals surface area contributed by atoms with E-state index in [0.717, 1.165) is 75.4 Å². The molecule has 4 aromatic rings. The van der Waals surface area contributed by atoms with Crippen molar-refractivity contribution >= 4 is 57.8 Å². The maximum absolute atomic E-state index is 13.8. The molecule has 5 atom stereocenters. The summed E-state index contributed by atoms with van der Waals surface area (Å²) in [4.78, 5) is 66.4. The Hall–Kier alpha value is -5.17. The van der Waals surface area contributed by atoms with Gasteiger partial charge in [0.15, 0.2) is 5.78 Å². The van der Waals surface area contributed by atoms with Crippen molar-refractivity contribution in [2.75, 3.05) is 26.5 Å². The lowest BCUT2D eigenvalue weighted by molar-refractivity contribution is -0.135. The van der Waals surface area contributed by atoms with Gasteiger partial charge in [-0.1, -0.05) is 70.2 Å². The number of H-pyrrole nitrogens is 1. The molecule has 294 valence electrons. The Bertz CT molecular complexity index is 2160. The number of ketones is 1. The standard InChI is InChI=1S/C43H50N6O6S/c1-23(2)36(47-42(52)54-5)38(50)30-17-19-56-39(30)33-21-31-29-15-13-27(20-28(29)14-16-32(31)45-33)25-9-11-26(12-10-25)34-22-44-40(46-34)35-8-7-18-49(35)41(51)37(24(3)4)48-43(53)55-6/h9-16,20,22-24,30,35-37,39H,7-8,17-19,21H2,1-6H3,(H,44,46)(H,47,52)(H,48,53)/t30?,35-,36-,37-,39+/m0/s1. The number of fused-ring (bicyclic) bond motifs is 3. The number of alkyl carbamates (subject to hydrolysis) is 2. The minimum atomic E-state index is -0.685. The number of carbonyl (C=O) groups is 4. The number of nitrogens with zero attached hydrogens (tertiary/aromatic N) is 3. The molecule has 3 aliphatic heterocycles. The second-order valence-electron chi connectivity index (χ2n) is 15.5. The fourth-order valence-electron chi connectivity index (χ4n) is 8.27. The third-order valence-corrected chi connectivity index (χ3v) is 12.7. The number of amides is 3. The van der Waals surface area contributed by atoms with Gasteiger partial charge in [0.05, 0.1) is 49.1 Å². The molecular formula is C43H50N6O6S. The largest absolute Gasteiger partial charge is 0.453 e. The molecule has 3 aromatic carbocycles. The number of aromatic nitrogens is 2. The number of methoxy groups -OCH3 is 2. The summed E-state index contributed by atoms with van der Waals surface area (Å²) < 4.78 is 9.57. The first-order valence-electron chi connectivity index (χ1n) is 19.4. The van der Waals surface area contributed by atoms with Gasteiger partial charge in [-0.05, 0) is 82.0 Å². The van der Waals surface area contributed by atoms with Crippen LogP contribution in [0.1, 0.15) is 64.4 Å². The molecule has 4 heterocycles. The summed E-state index contributed by atoms with van der Waals surface area (Å²) >= 11 is 1.78. The van der Waals surface area contributed by atoms with Crippen LogP contribution in [0.25, 0.3) is 33.2 Å². The zero-order chi connectivity index (χ0) is 39.7. The number of Topliss-reactive ketones (excluding diaryl/α,β-unsaturated/α-hetero) is 1. The van der Waals surface area contributed by atoms with Crippen molar-refractivity contribution in [2.45, 2.75) is 76.8 Å². The maximum atomic E-state index is 13.8. The molecule has 0 saturated carbocycles. The Balaban J connectivity index is 1.04. The highest BCUT2D eigenvalue weighted by atomic mass is 32.2. The summed E-state index contributed by atoms with van der Waals surface area (Å²) in [5.74, 6) is 1.14. The maximum Gasteiger partial charge on any atom is 0.407 e. The van der Waals surface area contributed by atoms with E-state index in [-0.39, 0.29) is 40.7 Å². The Morgan fingerprint density at radius 3 is 2.23 bits per heavy atom. The average molecular weight is 779 g/mol. The van der Waals surface area contributed by atoms with Crippen LogP contribution < -0.4 is 10.6 Å². The SMILES string of the molecule is COC(=O)N[C@H](C(=O)C1CCS[C@H]1C1=Nc2ccc3cc(-c4ccc(-c5cnc([C@@H]6CCCN6C(=O)[C@@H](NC(=O)OC)C(C)C)[nH]5)cc4)ccc3c2C1)C(C)C. The van der Waals surface area contributed by atoms with Crippen molar-refractivity contribution in [3.63, 3.8) is 0 Å². The van der Waals surface area contributed by atoms with E-state index >= 15 is 0 Å². The van der Waals surface area contributed by atoms with E-state index in [9.17, 15) is 19.2 Å². The Labute approximate surface area is 331 Å². The van der Waals surface area contributed by atoms with Gasteiger partial charge in [0.25, 0.3) is 0 Å². The highest BCUT2D eigenvalue weighted by molar-refractivity contribution is 8.00. The molecule has 56 heavy (non-hydrogen) atoms. The van der Waals surface area contributed by atoms with Gasteiger partial charge in [-0.2, -0.15) is 11.8 Å². The van der Waals surface area contributed by atoms with Gasteiger partial charge in [-0.3, -0.25) is 14.6 Å². The lowest BCUT2D eigenvalue weighted by atomic mass is 9.85. The van der Waals surface area contributed by atoms with Gasteiger partial charge >= 0.3 is 12.2 Å². The van der Waals surface area contributed by atoms with E-state index < -0.39 is 24.3 Å². The normalized spacial score (nSPS) is 20.2. The number of aromatic amines is 1. The number of likely N-dealkylation sites (tertiary alicyclic amines) is 1. The second kappa shape index (κ2) is 16.5. The summed E-state index contributed by atoms with van der Waals surface area (Å²) in [6.07, 6.45) is 3.70. The number of ether oxygens (including phenoxy) is 2. The molecule has 2 fully saturated rings. The quantitative estimate of drug-likeness (QED) is 0.140. The van der Waals surface area contributed by atoms with Gasteiger partial charge in [-0.15, -0.1) is 0 Å². The van der Waals surface area contributed by atoms with Crippen molar-refractivity contribution in [1.29, 1.82) is 0 Å². The van der Waals surface area contributed by atoms with E-state index in [1.165, 1.54) is 19.8 Å². The van der Waals surface area contributed by atoms with E-state index in [0.29, 0.717) is 13.0 Å². The van der Waals surface area contributed by atoms with Crippen molar-refractivity contribution in [1.82, 2.24) is 25.5 Å². The molecule has 2 saturated heterocycles. The van der Waals surface area contributed by atoms with Gasteiger partial charge < -0.3 is 30.0 Å². The van der Waals surface area contributed by atoms with E-state index in [4.69, 9.17) is 19.5 Å². The number of benzene rings is 3. The fraction of sp³-hybridized carbons (Fsp3) is 0.442. The fourth-order valence-corrected chi connectivity index (χ4v) is 9.75. The van der Waals surface area contributed by atoms with Crippen LogP contribution in [0.15, 0.2) is 65.8 Å². The molecule has 0 bridgehead atoms. The van der Waals surface area contributed by atoms with Crippen LogP contribution in [0.3, 0.4) is 0 Å². The number of hydrogen-bond donors (Lipinski definition) is 3. The Morgan fingerprint density at radius 2 is 1.54 bits per heavy atom. The monoisotopic (exact) mass is 778 g/mol. The molecule has 1 aromatic heterocycles. The minimum absolute atomic E-state index is 0.0263. The first kappa shape index (κ1) is 39.1. The second-order valence-corrected chi connectivity index (χ2v) is 16.8. The molecule has 0 radical (unpaired) electrons. The topological polar surface area (TPSA) is 155 Å². The molecule has 13 heteroatoms. The van der Waals surface area contributed by atoms with Gasteiger partial charge in [0.2, 0.25) is 5.91 Å². The highest BCUT2D eigenvalue weighted by Crippen LogP contribution is 2.42. The minimum Gasteiger partial charge on any atom is -0.453 e. The molecule has 7 rings (SSSR count). The number of rotatable bonds is 11. The van der Waals surface area contributed by atoms with E-state index in [2.05, 4.69) is 70.2 Å². The predicted octanol–water partition coefficient (Wildman–Crippen LogP) is 7.64. The van der Waals surface area contributed by atoms with Crippen molar-refractivity contribution in [2.24, 2.45) is 22.7 Å². The first-order chi connectivity index (χ1) is 27.0. The summed E-state index contributed by atoms with van der Waals surface area (Å²) in [6.45, 7) is 8.29.